The minimum absolute atomic E-state index is 0.151. The van der Waals surface area contributed by atoms with Crippen LogP contribution in [0.15, 0.2) is 18.5 Å². The summed E-state index contributed by atoms with van der Waals surface area (Å²) in [6.07, 6.45) is 4.25. The third-order valence-electron chi connectivity index (χ3n) is 3.91. The zero-order chi connectivity index (χ0) is 16.6. The molecule has 2 amide bonds. The molecule has 8 nitrogen and oxygen atoms in total. The van der Waals surface area contributed by atoms with E-state index in [-0.39, 0.29) is 23.6 Å². The molecular formula is C15H20N6O2. The van der Waals surface area contributed by atoms with Crippen LogP contribution in [0.1, 0.15) is 47.2 Å². The Bertz CT molecular complexity index is 741. The van der Waals surface area contributed by atoms with Crippen molar-refractivity contribution in [2.45, 2.75) is 26.3 Å². The average Bonchev–Trinajstić information content (AvgIpc) is 3.03. The molecule has 1 N–H and O–H groups in total. The Hall–Kier alpha value is -2.64. The van der Waals surface area contributed by atoms with Crippen molar-refractivity contribution >= 4 is 17.6 Å². The van der Waals surface area contributed by atoms with Crippen molar-refractivity contribution in [1.29, 1.82) is 0 Å². The van der Waals surface area contributed by atoms with E-state index in [0.717, 1.165) is 19.5 Å². The summed E-state index contributed by atoms with van der Waals surface area (Å²) in [5.41, 5.74) is 0.578. The molecule has 1 fully saturated rings. The quantitative estimate of drug-likeness (QED) is 0.921. The molecule has 2 aromatic heterocycles. The summed E-state index contributed by atoms with van der Waals surface area (Å²) in [6.45, 7) is 5.47. The fraction of sp³-hybridized carbons (Fsp3) is 0.467. The number of aryl methyl sites for hydroxylation is 1. The SMILES string of the molecule is CC(C)n1ccc(NC(=O)c2c(C(=O)N3CCC3)cnn2C)n1. The van der Waals surface area contributed by atoms with Gasteiger partial charge < -0.3 is 10.2 Å². The first kappa shape index (κ1) is 15.3. The fourth-order valence-corrected chi connectivity index (χ4v) is 2.42. The number of aromatic nitrogens is 4. The summed E-state index contributed by atoms with van der Waals surface area (Å²) in [6, 6.07) is 1.94. The number of hydrogen-bond donors (Lipinski definition) is 1. The number of carbonyl (C=O) groups is 2. The molecule has 3 heterocycles. The normalized spacial score (nSPS) is 14.0. The largest absolute Gasteiger partial charge is 0.338 e. The van der Waals surface area contributed by atoms with Gasteiger partial charge in [0.15, 0.2) is 5.82 Å². The molecule has 0 saturated carbocycles. The molecule has 1 aliphatic heterocycles. The molecule has 0 bridgehead atoms. The third kappa shape index (κ3) is 2.84. The van der Waals surface area contributed by atoms with Gasteiger partial charge in [-0.05, 0) is 20.3 Å². The van der Waals surface area contributed by atoms with Gasteiger partial charge in [0.1, 0.15) is 5.69 Å². The molecule has 0 aromatic carbocycles. The van der Waals surface area contributed by atoms with E-state index in [9.17, 15) is 9.59 Å². The highest BCUT2D eigenvalue weighted by Gasteiger charge is 2.28. The molecular weight excluding hydrogens is 296 g/mol. The van der Waals surface area contributed by atoms with Crippen LogP contribution in [0.4, 0.5) is 5.82 Å². The molecule has 0 aliphatic carbocycles. The van der Waals surface area contributed by atoms with Crippen LogP contribution in [0.2, 0.25) is 0 Å². The van der Waals surface area contributed by atoms with E-state index in [2.05, 4.69) is 15.5 Å². The average molecular weight is 316 g/mol. The topological polar surface area (TPSA) is 85.0 Å². The van der Waals surface area contributed by atoms with Gasteiger partial charge in [-0.2, -0.15) is 10.2 Å². The first-order chi connectivity index (χ1) is 11.0. The molecule has 0 unspecified atom stereocenters. The third-order valence-corrected chi connectivity index (χ3v) is 3.91. The molecule has 8 heteroatoms. The number of rotatable bonds is 4. The molecule has 1 aliphatic rings. The summed E-state index contributed by atoms with van der Waals surface area (Å²) >= 11 is 0. The Labute approximate surface area is 134 Å². The van der Waals surface area contributed by atoms with E-state index in [0.29, 0.717) is 11.4 Å². The van der Waals surface area contributed by atoms with E-state index < -0.39 is 0 Å². The predicted molar refractivity (Wildman–Crippen MR) is 84.3 cm³/mol. The first-order valence-electron chi connectivity index (χ1n) is 7.65. The van der Waals surface area contributed by atoms with Gasteiger partial charge in [0.25, 0.3) is 11.8 Å². The van der Waals surface area contributed by atoms with Crippen molar-refractivity contribution in [2.75, 3.05) is 18.4 Å². The molecule has 122 valence electrons. The lowest BCUT2D eigenvalue weighted by atomic mass is 10.1. The second-order valence-electron chi connectivity index (χ2n) is 5.91. The molecule has 0 spiro atoms. The van der Waals surface area contributed by atoms with Gasteiger partial charge in [0.05, 0.1) is 11.8 Å². The smallest absolute Gasteiger partial charge is 0.275 e. The number of nitrogens with one attached hydrogen (secondary N) is 1. The standard InChI is InChI=1S/C15H20N6O2/c1-10(2)21-8-5-12(18-21)17-14(22)13-11(9-16-19(13)3)15(23)20-6-4-7-20/h5,8-10H,4,6-7H2,1-3H3,(H,17,18,22). The maximum Gasteiger partial charge on any atom is 0.275 e. The van der Waals surface area contributed by atoms with Gasteiger partial charge in [0.2, 0.25) is 0 Å². The van der Waals surface area contributed by atoms with Crippen LogP contribution in [0.25, 0.3) is 0 Å². The number of carbonyl (C=O) groups excluding carboxylic acids is 2. The summed E-state index contributed by atoms with van der Waals surface area (Å²) < 4.78 is 3.17. The van der Waals surface area contributed by atoms with Crippen molar-refractivity contribution in [3.8, 4) is 0 Å². The Balaban J connectivity index is 1.81. The lowest BCUT2D eigenvalue weighted by Crippen LogP contribution is -2.42. The summed E-state index contributed by atoms with van der Waals surface area (Å²) in [7, 11) is 1.65. The van der Waals surface area contributed by atoms with Crippen LogP contribution in [0.5, 0.6) is 0 Å². The van der Waals surface area contributed by atoms with Gasteiger partial charge >= 0.3 is 0 Å². The van der Waals surface area contributed by atoms with Gasteiger partial charge in [-0.15, -0.1) is 0 Å². The Morgan fingerprint density at radius 2 is 2.04 bits per heavy atom. The molecule has 23 heavy (non-hydrogen) atoms. The summed E-state index contributed by atoms with van der Waals surface area (Å²) in [5.74, 6) is -0.0858. The first-order valence-corrected chi connectivity index (χ1v) is 7.65. The van der Waals surface area contributed by atoms with Crippen LogP contribution < -0.4 is 5.32 Å². The fourth-order valence-electron chi connectivity index (χ4n) is 2.42. The van der Waals surface area contributed by atoms with Crippen LogP contribution in [-0.2, 0) is 7.05 Å². The van der Waals surface area contributed by atoms with Crippen molar-refractivity contribution in [3.63, 3.8) is 0 Å². The molecule has 0 radical (unpaired) electrons. The monoisotopic (exact) mass is 316 g/mol. The zero-order valence-electron chi connectivity index (χ0n) is 13.5. The van der Waals surface area contributed by atoms with Gasteiger partial charge in [0, 0.05) is 38.4 Å². The van der Waals surface area contributed by atoms with Crippen molar-refractivity contribution < 1.29 is 9.59 Å². The summed E-state index contributed by atoms with van der Waals surface area (Å²) in [5, 5.41) is 11.1. The second kappa shape index (κ2) is 5.86. The molecule has 3 rings (SSSR count). The zero-order valence-corrected chi connectivity index (χ0v) is 13.5. The highest BCUT2D eigenvalue weighted by molar-refractivity contribution is 6.10. The van der Waals surface area contributed by atoms with Crippen LogP contribution in [0, 0.1) is 0 Å². The number of nitrogens with zero attached hydrogens (tertiary/aromatic N) is 5. The van der Waals surface area contributed by atoms with Crippen LogP contribution >= 0.6 is 0 Å². The van der Waals surface area contributed by atoms with Gasteiger partial charge in [-0.3, -0.25) is 19.0 Å². The Morgan fingerprint density at radius 1 is 1.30 bits per heavy atom. The highest BCUT2D eigenvalue weighted by atomic mass is 16.2. The number of hydrogen-bond acceptors (Lipinski definition) is 4. The van der Waals surface area contributed by atoms with E-state index in [1.165, 1.54) is 10.9 Å². The van der Waals surface area contributed by atoms with Gasteiger partial charge in [-0.25, -0.2) is 0 Å². The van der Waals surface area contributed by atoms with Crippen molar-refractivity contribution in [2.24, 2.45) is 7.05 Å². The molecule has 0 atom stereocenters. The lowest BCUT2D eigenvalue weighted by molar-refractivity contribution is 0.0648. The Kier molecular flexibility index (Phi) is 3.89. The number of amides is 2. The highest BCUT2D eigenvalue weighted by Crippen LogP contribution is 2.17. The van der Waals surface area contributed by atoms with Gasteiger partial charge in [-0.1, -0.05) is 0 Å². The summed E-state index contributed by atoms with van der Waals surface area (Å²) in [4.78, 5) is 26.6. The maximum atomic E-state index is 12.5. The number of anilines is 1. The molecule has 1 saturated heterocycles. The molecule has 2 aromatic rings. The minimum atomic E-state index is -0.386. The van der Waals surface area contributed by atoms with E-state index in [1.54, 1.807) is 28.9 Å². The van der Waals surface area contributed by atoms with E-state index >= 15 is 0 Å². The second-order valence-corrected chi connectivity index (χ2v) is 5.91. The lowest BCUT2D eigenvalue weighted by Gasteiger charge is -2.30. The maximum absolute atomic E-state index is 12.5. The van der Waals surface area contributed by atoms with E-state index in [1.807, 2.05) is 13.8 Å². The van der Waals surface area contributed by atoms with Crippen molar-refractivity contribution in [3.05, 3.63) is 29.7 Å². The van der Waals surface area contributed by atoms with Crippen LogP contribution in [0.3, 0.4) is 0 Å². The van der Waals surface area contributed by atoms with Crippen LogP contribution in [-0.4, -0.2) is 49.4 Å². The Morgan fingerprint density at radius 3 is 2.61 bits per heavy atom. The van der Waals surface area contributed by atoms with Crippen molar-refractivity contribution in [1.82, 2.24) is 24.5 Å². The predicted octanol–water partition coefficient (Wildman–Crippen LogP) is 1.30. The van der Waals surface area contributed by atoms with E-state index in [4.69, 9.17) is 0 Å². The minimum Gasteiger partial charge on any atom is -0.338 e. The number of likely N-dealkylation sites (tertiary alicyclic amines) is 1.